The minimum absolute atomic E-state index is 0. The predicted octanol–water partition coefficient (Wildman–Crippen LogP) is 4.49. The first-order chi connectivity index (χ1) is 17.6. The Kier molecular flexibility index (Phi) is 9.40. The van der Waals surface area contributed by atoms with E-state index in [4.69, 9.17) is 19.3 Å². The molecule has 0 unspecified atom stereocenters. The van der Waals surface area contributed by atoms with Crippen LogP contribution in [-0.4, -0.2) is 50.2 Å². The molecule has 4 rings (SSSR count). The number of carboxylic acids is 1. The van der Waals surface area contributed by atoms with Gasteiger partial charge in [-0.25, -0.2) is 8.42 Å². The van der Waals surface area contributed by atoms with Crippen LogP contribution in [0.1, 0.15) is 41.0 Å². The van der Waals surface area contributed by atoms with Crippen molar-refractivity contribution in [3.63, 3.8) is 0 Å². The molecule has 3 N–H and O–H groups in total. The summed E-state index contributed by atoms with van der Waals surface area (Å²) in [5.41, 5.74) is 6.27. The SMILES string of the molecule is Cc1cc(OCCCS(C)(=O)=O)cc(C)c1-c1cccc(COc2ccc3c(c2)OC[C@H]3CC(=O)O)c1.O. The van der Waals surface area contributed by atoms with E-state index in [1.165, 1.54) is 6.26 Å². The first kappa shape index (κ1) is 29.0. The largest absolute Gasteiger partial charge is 0.494 e. The predicted molar refractivity (Wildman–Crippen MR) is 146 cm³/mol. The molecule has 0 amide bonds. The Balaban J connectivity index is 0.00000400. The van der Waals surface area contributed by atoms with Crippen LogP contribution in [0.4, 0.5) is 0 Å². The number of carboxylic acid groups (broad SMARTS) is 1. The minimum atomic E-state index is -2.99. The van der Waals surface area contributed by atoms with Crippen LogP contribution in [-0.2, 0) is 21.2 Å². The Bertz CT molecular complexity index is 1370. The molecule has 0 saturated heterocycles. The normalized spacial score (nSPS) is 14.2. The molecule has 8 nitrogen and oxygen atoms in total. The van der Waals surface area contributed by atoms with Gasteiger partial charge in [0.1, 0.15) is 33.7 Å². The average Bonchev–Trinajstić information content (AvgIpc) is 3.21. The van der Waals surface area contributed by atoms with Crippen LogP contribution in [0.5, 0.6) is 17.2 Å². The lowest BCUT2D eigenvalue weighted by molar-refractivity contribution is -0.137. The number of rotatable bonds is 11. The van der Waals surface area contributed by atoms with Crippen molar-refractivity contribution >= 4 is 15.8 Å². The van der Waals surface area contributed by atoms with Gasteiger partial charge < -0.3 is 24.8 Å². The third kappa shape index (κ3) is 7.49. The third-order valence-electron chi connectivity index (χ3n) is 6.34. The Hall–Kier alpha value is -3.56. The van der Waals surface area contributed by atoms with Crippen molar-refractivity contribution in [2.75, 3.05) is 25.2 Å². The Morgan fingerprint density at radius 1 is 1.03 bits per heavy atom. The van der Waals surface area contributed by atoms with Gasteiger partial charge in [0, 0.05) is 23.8 Å². The lowest BCUT2D eigenvalue weighted by Gasteiger charge is -2.15. The molecule has 1 aliphatic heterocycles. The van der Waals surface area contributed by atoms with Crippen molar-refractivity contribution in [2.45, 2.75) is 39.2 Å². The van der Waals surface area contributed by atoms with Gasteiger partial charge in [-0.05, 0) is 72.4 Å². The second-order valence-electron chi connectivity index (χ2n) is 9.56. The summed E-state index contributed by atoms with van der Waals surface area (Å²) in [6.07, 6.45) is 1.74. The zero-order valence-corrected chi connectivity index (χ0v) is 22.6. The van der Waals surface area contributed by atoms with E-state index in [1.54, 1.807) is 0 Å². The highest BCUT2D eigenvalue weighted by Gasteiger charge is 2.26. The molecule has 1 aliphatic rings. The lowest BCUT2D eigenvalue weighted by Crippen LogP contribution is -2.08. The maximum absolute atomic E-state index is 11.3. The van der Waals surface area contributed by atoms with Gasteiger partial charge in [-0.15, -0.1) is 0 Å². The smallest absolute Gasteiger partial charge is 0.304 e. The molecule has 1 atom stereocenters. The second-order valence-corrected chi connectivity index (χ2v) is 11.8. The Morgan fingerprint density at radius 3 is 2.45 bits per heavy atom. The monoisotopic (exact) mass is 542 g/mol. The minimum Gasteiger partial charge on any atom is -0.494 e. The van der Waals surface area contributed by atoms with Crippen LogP contribution >= 0.6 is 0 Å². The van der Waals surface area contributed by atoms with E-state index in [2.05, 4.69) is 12.1 Å². The van der Waals surface area contributed by atoms with E-state index in [1.807, 2.05) is 56.3 Å². The summed E-state index contributed by atoms with van der Waals surface area (Å²) in [5.74, 6) is 1.23. The zero-order valence-electron chi connectivity index (χ0n) is 21.8. The van der Waals surface area contributed by atoms with Crippen LogP contribution in [0, 0.1) is 13.8 Å². The summed E-state index contributed by atoms with van der Waals surface area (Å²) in [6.45, 7) is 5.18. The van der Waals surface area contributed by atoms with Crippen molar-refractivity contribution in [1.82, 2.24) is 0 Å². The van der Waals surface area contributed by atoms with E-state index >= 15 is 0 Å². The fraction of sp³-hybridized carbons (Fsp3) is 0.345. The average molecular weight is 543 g/mol. The van der Waals surface area contributed by atoms with Crippen LogP contribution in [0.2, 0.25) is 0 Å². The quantitative estimate of drug-likeness (QED) is 0.353. The van der Waals surface area contributed by atoms with E-state index in [-0.39, 0.29) is 23.6 Å². The molecule has 9 heteroatoms. The van der Waals surface area contributed by atoms with Gasteiger partial charge in [-0.3, -0.25) is 4.79 Å². The molecule has 0 aliphatic carbocycles. The number of sulfone groups is 1. The fourth-order valence-corrected chi connectivity index (χ4v) is 5.33. The Labute approximate surface area is 223 Å². The van der Waals surface area contributed by atoms with Gasteiger partial charge in [0.25, 0.3) is 0 Å². The van der Waals surface area contributed by atoms with E-state index in [0.717, 1.165) is 39.1 Å². The number of fused-ring (bicyclic) bond motifs is 1. The zero-order chi connectivity index (χ0) is 26.6. The summed E-state index contributed by atoms with van der Waals surface area (Å²) in [6, 6.07) is 17.7. The van der Waals surface area contributed by atoms with Gasteiger partial charge >= 0.3 is 5.97 Å². The Morgan fingerprint density at radius 2 is 1.76 bits per heavy atom. The molecule has 0 spiro atoms. The summed E-state index contributed by atoms with van der Waals surface area (Å²) < 4.78 is 40.1. The van der Waals surface area contributed by atoms with Gasteiger partial charge in [0.05, 0.1) is 25.4 Å². The van der Waals surface area contributed by atoms with Crippen molar-refractivity contribution in [1.29, 1.82) is 0 Å². The van der Waals surface area contributed by atoms with Gasteiger partial charge in [-0.1, -0.05) is 24.3 Å². The molecule has 38 heavy (non-hydrogen) atoms. The highest BCUT2D eigenvalue weighted by atomic mass is 32.2. The van der Waals surface area contributed by atoms with Gasteiger partial charge in [0.15, 0.2) is 0 Å². The first-order valence-electron chi connectivity index (χ1n) is 12.2. The van der Waals surface area contributed by atoms with E-state index < -0.39 is 15.8 Å². The summed E-state index contributed by atoms with van der Waals surface area (Å²) in [5, 5.41) is 9.08. The number of benzene rings is 3. The summed E-state index contributed by atoms with van der Waals surface area (Å²) >= 11 is 0. The molecule has 0 aromatic heterocycles. The second kappa shape index (κ2) is 12.3. The molecule has 0 saturated carbocycles. The molecule has 204 valence electrons. The summed E-state index contributed by atoms with van der Waals surface area (Å²) in [4.78, 5) is 11.1. The number of aliphatic carboxylic acids is 1. The van der Waals surface area contributed by atoms with Crippen molar-refractivity contribution in [3.05, 3.63) is 76.9 Å². The maximum Gasteiger partial charge on any atom is 0.304 e. The van der Waals surface area contributed by atoms with Crippen LogP contribution in [0.15, 0.2) is 54.6 Å². The van der Waals surface area contributed by atoms with Crippen LogP contribution in [0.3, 0.4) is 0 Å². The molecule has 1 heterocycles. The molecule has 0 fully saturated rings. The number of aryl methyl sites for hydroxylation is 2. The number of ether oxygens (including phenoxy) is 3. The molecule has 3 aromatic carbocycles. The number of hydrogen-bond acceptors (Lipinski definition) is 6. The van der Waals surface area contributed by atoms with E-state index in [0.29, 0.717) is 37.7 Å². The molecule has 3 aromatic rings. The number of carbonyl (C=O) groups is 1. The third-order valence-corrected chi connectivity index (χ3v) is 7.37. The van der Waals surface area contributed by atoms with Gasteiger partial charge in [0.2, 0.25) is 0 Å². The fourth-order valence-electron chi connectivity index (χ4n) is 4.68. The van der Waals surface area contributed by atoms with E-state index in [9.17, 15) is 13.2 Å². The highest BCUT2D eigenvalue weighted by Crippen LogP contribution is 2.38. The number of hydrogen-bond donors (Lipinski definition) is 1. The first-order valence-corrected chi connectivity index (χ1v) is 14.3. The molecular formula is C29H34O8S. The molecule has 0 bridgehead atoms. The van der Waals surface area contributed by atoms with Crippen LogP contribution < -0.4 is 14.2 Å². The van der Waals surface area contributed by atoms with Crippen molar-refractivity contribution < 1.29 is 38.0 Å². The van der Waals surface area contributed by atoms with Crippen LogP contribution in [0.25, 0.3) is 11.1 Å². The molecule has 0 radical (unpaired) electrons. The van der Waals surface area contributed by atoms with Crippen molar-refractivity contribution in [2.24, 2.45) is 0 Å². The highest BCUT2D eigenvalue weighted by molar-refractivity contribution is 7.90. The molecular weight excluding hydrogens is 508 g/mol. The standard InChI is InChI=1S/C29H32O7S.H2O/c1-19-12-25(34-10-5-11-37(3,32)33)13-20(2)29(19)22-7-4-6-21(14-22)17-35-24-8-9-26-23(15-28(30)31)18-36-27(26)16-24;/h4,6-9,12-14,16,23H,5,10-11,15,17-18H2,1-3H3,(H,30,31);1H2/t23-;/m1./s1. The summed E-state index contributed by atoms with van der Waals surface area (Å²) in [7, 11) is -2.99. The van der Waals surface area contributed by atoms with Crippen molar-refractivity contribution in [3.8, 4) is 28.4 Å². The van der Waals surface area contributed by atoms with Gasteiger partial charge in [-0.2, -0.15) is 0 Å². The lowest BCUT2D eigenvalue weighted by atomic mass is 9.94. The maximum atomic E-state index is 11.3. The topological polar surface area (TPSA) is 131 Å².